The molecule has 1 heterocycles. The third kappa shape index (κ3) is 2.60. The van der Waals surface area contributed by atoms with E-state index in [1.54, 1.807) is 36.4 Å². The summed E-state index contributed by atoms with van der Waals surface area (Å²) in [6.45, 7) is 0. The van der Waals surface area contributed by atoms with E-state index in [1.165, 1.54) is 6.07 Å². The van der Waals surface area contributed by atoms with Crippen LogP contribution in [-0.2, 0) is 0 Å². The summed E-state index contributed by atoms with van der Waals surface area (Å²) in [7, 11) is 0. The van der Waals surface area contributed by atoms with Gasteiger partial charge in [0.15, 0.2) is 23.3 Å². The van der Waals surface area contributed by atoms with E-state index in [0.717, 1.165) is 21.5 Å². The van der Waals surface area contributed by atoms with Crippen LogP contribution in [0, 0.1) is 29.1 Å². The maximum atomic E-state index is 14.5. The number of benzene rings is 5. The Labute approximate surface area is 193 Å². The van der Waals surface area contributed by atoms with Gasteiger partial charge in [0, 0.05) is 11.1 Å². The zero-order valence-electron chi connectivity index (χ0n) is 17.4. The zero-order chi connectivity index (χ0) is 24.8. The fourth-order valence-electron chi connectivity index (χ4n) is 4.74. The topological polar surface area (TPSA) is 63.4 Å². The summed E-state index contributed by atoms with van der Waals surface area (Å²) < 4.78 is 70.0. The number of nitrogen functional groups attached to an aromatic ring is 1. The van der Waals surface area contributed by atoms with Crippen LogP contribution in [0.4, 0.5) is 33.3 Å². The van der Waals surface area contributed by atoms with Crippen molar-refractivity contribution in [3.63, 3.8) is 0 Å². The Balaban J connectivity index is 1.62. The maximum Gasteiger partial charge on any atom is 0.266 e. The van der Waals surface area contributed by atoms with Gasteiger partial charge in [-0.25, -0.2) is 26.9 Å². The third-order valence-corrected chi connectivity index (χ3v) is 6.35. The SMILES string of the molecule is Nc1cccc2c1ccc1c3ccc4c(c3ccc21)C(=O)N(c1c(F)c(F)c(F)c(F)c1F)C4=O. The molecule has 0 radical (unpaired) electrons. The number of rotatable bonds is 1. The van der Waals surface area contributed by atoms with Crippen molar-refractivity contribution in [1.29, 1.82) is 0 Å². The number of hydrogen-bond donors (Lipinski definition) is 1. The van der Waals surface area contributed by atoms with Gasteiger partial charge >= 0.3 is 0 Å². The monoisotopic (exact) mass is 478 g/mol. The van der Waals surface area contributed by atoms with Gasteiger partial charge in [-0.3, -0.25) is 9.59 Å². The Bertz CT molecular complexity index is 1790. The molecule has 4 nitrogen and oxygen atoms in total. The Morgan fingerprint density at radius 2 is 1.03 bits per heavy atom. The second kappa shape index (κ2) is 6.99. The zero-order valence-corrected chi connectivity index (χ0v) is 17.4. The largest absolute Gasteiger partial charge is 0.398 e. The van der Waals surface area contributed by atoms with Gasteiger partial charge in [0.1, 0.15) is 5.69 Å². The van der Waals surface area contributed by atoms with Gasteiger partial charge in [-0.2, -0.15) is 0 Å². The lowest BCUT2D eigenvalue weighted by Crippen LogP contribution is -2.32. The number of amides is 2. The Hall–Kier alpha value is -4.53. The van der Waals surface area contributed by atoms with Crippen molar-refractivity contribution >= 4 is 55.5 Å². The van der Waals surface area contributed by atoms with Crippen LogP contribution >= 0.6 is 0 Å². The summed E-state index contributed by atoms with van der Waals surface area (Å²) in [5.74, 6) is -13.8. The van der Waals surface area contributed by atoms with Crippen molar-refractivity contribution in [3.8, 4) is 0 Å². The summed E-state index contributed by atoms with van der Waals surface area (Å²) in [6, 6.07) is 15.2. The van der Waals surface area contributed by atoms with Crippen LogP contribution in [0.15, 0.2) is 54.6 Å². The molecule has 6 rings (SSSR count). The van der Waals surface area contributed by atoms with E-state index in [-0.39, 0.29) is 16.0 Å². The summed E-state index contributed by atoms with van der Waals surface area (Å²) in [4.78, 5) is 26.2. The van der Waals surface area contributed by atoms with Crippen LogP contribution in [-0.4, -0.2) is 11.8 Å². The van der Waals surface area contributed by atoms with Gasteiger partial charge < -0.3 is 5.73 Å². The number of hydrogen-bond acceptors (Lipinski definition) is 3. The Morgan fingerprint density at radius 1 is 0.543 bits per heavy atom. The second-order valence-electron chi connectivity index (χ2n) is 8.12. The number of imide groups is 1. The smallest absolute Gasteiger partial charge is 0.266 e. The van der Waals surface area contributed by atoms with Gasteiger partial charge in [0.05, 0.1) is 11.1 Å². The lowest BCUT2D eigenvalue weighted by Gasteiger charge is -2.16. The predicted octanol–water partition coefficient (Wildman–Crippen LogP) is 6.22. The summed E-state index contributed by atoms with van der Waals surface area (Å²) in [5, 5.41) is 4.07. The van der Waals surface area contributed by atoms with Crippen molar-refractivity contribution in [2.45, 2.75) is 0 Å². The van der Waals surface area contributed by atoms with Crippen LogP contribution in [0.1, 0.15) is 20.7 Å². The quantitative estimate of drug-likeness (QED) is 0.0777. The molecule has 0 spiro atoms. The molecular weight excluding hydrogens is 467 g/mol. The highest BCUT2D eigenvalue weighted by atomic mass is 19.2. The average molecular weight is 478 g/mol. The molecule has 0 bridgehead atoms. The number of fused-ring (bicyclic) bond motifs is 7. The lowest BCUT2D eigenvalue weighted by molar-refractivity contribution is 0.0923. The van der Waals surface area contributed by atoms with Crippen LogP contribution in [0.5, 0.6) is 0 Å². The molecule has 9 heteroatoms. The minimum atomic E-state index is -2.38. The first-order valence-corrected chi connectivity index (χ1v) is 10.3. The fraction of sp³-hybridized carbons (Fsp3) is 0. The first-order valence-electron chi connectivity index (χ1n) is 10.3. The predicted molar refractivity (Wildman–Crippen MR) is 121 cm³/mol. The highest BCUT2D eigenvalue weighted by Crippen LogP contribution is 2.40. The lowest BCUT2D eigenvalue weighted by atomic mass is 9.93. The van der Waals surface area contributed by atoms with Crippen LogP contribution in [0.25, 0.3) is 32.3 Å². The third-order valence-electron chi connectivity index (χ3n) is 6.35. The molecule has 0 saturated carbocycles. The number of anilines is 2. The van der Waals surface area contributed by atoms with Gasteiger partial charge in [-0.15, -0.1) is 0 Å². The van der Waals surface area contributed by atoms with Crippen molar-refractivity contribution in [3.05, 3.63) is 94.8 Å². The average Bonchev–Trinajstić information content (AvgIpc) is 3.11. The standard InChI is InChI=1S/C26H11F5N2O2/c27-19-20(28)22(30)24(23(31)21(19)29)33-25(34)16-9-6-13-12-4-7-14-10(2-1-3-17(14)32)11(12)5-8-15(13)18(16)26(33)35/h1-9H,32H2. The van der Waals surface area contributed by atoms with E-state index in [4.69, 9.17) is 5.73 Å². The molecule has 35 heavy (non-hydrogen) atoms. The highest BCUT2D eigenvalue weighted by molar-refractivity contribution is 6.38. The maximum absolute atomic E-state index is 14.5. The number of nitrogens with zero attached hydrogens (tertiary/aromatic N) is 1. The summed E-state index contributed by atoms with van der Waals surface area (Å²) in [6.07, 6.45) is 0. The molecule has 2 amide bonds. The first-order chi connectivity index (χ1) is 16.7. The molecule has 5 aromatic rings. The molecule has 2 N–H and O–H groups in total. The molecule has 0 atom stereocenters. The molecule has 1 aliphatic rings. The molecule has 5 aromatic carbocycles. The molecular formula is C26H11F5N2O2. The van der Waals surface area contributed by atoms with Gasteiger partial charge in [0.2, 0.25) is 5.82 Å². The van der Waals surface area contributed by atoms with Crippen molar-refractivity contribution in [2.24, 2.45) is 0 Å². The highest BCUT2D eigenvalue weighted by Gasteiger charge is 2.43. The number of halogens is 5. The minimum absolute atomic E-state index is 0.00827. The summed E-state index contributed by atoms with van der Waals surface area (Å²) in [5.41, 5.74) is 4.64. The molecule has 0 unspecified atom stereocenters. The van der Waals surface area contributed by atoms with Gasteiger partial charge in [0.25, 0.3) is 11.8 Å². The molecule has 0 fully saturated rings. The fourth-order valence-corrected chi connectivity index (χ4v) is 4.74. The second-order valence-corrected chi connectivity index (χ2v) is 8.12. The van der Waals surface area contributed by atoms with E-state index < -0.39 is 46.6 Å². The van der Waals surface area contributed by atoms with E-state index in [2.05, 4.69) is 0 Å². The van der Waals surface area contributed by atoms with Crippen molar-refractivity contribution < 1.29 is 31.5 Å². The number of carbonyl (C=O) groups is 2. The molecule has 172 valence electrons. The normalized spacial score (nSPS) is 13.5. The van der Waals surface area contributed by atoms with Crippen LogP contribution in [0.2, 0.25) is 0 Å². The number of nitrogens with two attached hydrogens (primary N) is 1. The molecule has 0 saturated heterocycles. The van der Waals surface area contributed by atoms with Crippen molar-refractivity contribution in [2.75, 3.05) is 10.6 Å². The van der Waals surface area contributed by atoms with E-state index in [1.807, 2.05) is 12.1 Å². The molecule has 0 aromatic heterocycles. The van der Waals surface area contributed by atoms with Gasteiger partial charge in [-0.05, 0) is 39.1 Å². The van der Waals surface area contributed by atoms with Crippen LogP contribution < -0.4 is 10.6 Å². The Morgan fingerprint density at radius 3 is 1.69 bits per heavy atom. The van der Waals surface area contributed by atoms with E-state index in [9.17, 15) is 31.5 Å². The number of carbonyl (C=O) groups excluding carboxylic acids is 2. The van der Waals surface area contributed by atoms with E-state index >= 15 is 0 Å². The molecule has 1 aliphatic heterocycles. The minimum Gasteiger partial charge on any atom is -0.398 e. The van der Waals surface area contributed by atoms with E-state index in [0.29, 0.717) is 16.5 Å². The van der Waals surface area contributed by atoms with Crippen molar-refractivity contribution in [1.82, 2.24) is 0 Å². The van der Waals surface area contributed by atoms with Crippen LogP contribution in [0.3, 0.4) is 0 Å². The first kappa shape index (κ1) is 21.0. The molecule has 0 aliphatic carbocycles. The van der Waals surface area contributed by atoms with Gasteiger partial charge in [-0.1, -0.05) is 42.5 Å². The Kier molecular flexibility index (Phi) is 4.20. The summed E-state index contributed by atoms with van der Waals surface area (Å²) >= 11 is 0.